The highest BCUT2D eigenvalue weighted by molar-refractivity contribution is 7.92. The van der Waals surface area contributed by atoms with Gasteiger partial charge in [-0.05, 0) is 42.0 Å². The van der Waals surface area contributed by atoms with Crippen LogP contribution in [0, 0.1) is 17.2 Å². The first-order valence-electron chi connectivity index (χ1n) is 6.59. The molecular formula is C16H11Cl2NO2S. The summed E-state index contributed by atoms with van der Waals surface area (Å²) in [6, 6.07) is 15.1. The number of sulfone groups is 1. The number of benzene rings is 2. The Balaban J connectivity index is 1.98. The number of nitriles is 1. The number of hydrogen-bond donors (Lipinski definition) is 0. The predicted octanol–water partition coefficient (Wildman–Crippen LogP) is 4.07. The monoisotopic (exact) mass is 351 g/mol. The third-order valence-corrected chi connectivity index (χ3v) is 6.56. The largest absolute Gasteiger partial charge is 0.223 e. The first kappa shape index (κ1) is 15.4. The molecular weight excluding hydrogens is 341 g/mol. The summed E-state index contributed by atoms with van der Waals surface area (Å²) in [5.74, 6) is -0.900. The molecule has 3 rings (SSSR count). The molecule has 2 aromatic rings. The Morgan fingerprint density at radius 2 is 1.68 bits per heavy atom. The molecule has 0 heterocycles. The molecule has 0 N–H and O–H groups in total. The van der Waals surface area contributed by atoms with Gasteiger partial charge in [0.15, 0.2) is 9.84 Å². The predicted molar refractivity (Wildman–Crippen MR) is 85.7 cm³/mol. The van der Waals surface area contributed by atoms with E-state index in [-0.39, 0.29) is 10.8 Å². The van der Waals surface area contributed by atoms with Crippen LogP contribution in [-0.2, 0) is 9.84 Å². The molecule has 112 valence electrons. The number of rotatable bonds is 3. The zero-order valence-corrected chi connectivity index (χ0v) is 13.6. The standard InChI is InChI=1S/C16H11Cl2NO2S/c17-11-4-6-13(7-5-11)22(20,21)16-14(9-19)15(16)10-2-1-3-12(18)8-10/h1-8,14-16H/t14-,15+,16+/m1/s1. The van der Waals surface area contributed by atoms with E-state index in [2.05, 4.69) is 6.07 Å². The third-order valence-electron chi connectivity index (χ3n) is 3.84. The van der Waals surface area contributed by atoms with E-state index in [4.69, 9.17) is 23.2 Å². The quantitative estimate of drug-likeness (QED) is 0.837. The molecule has 0 aliphatic heterocycles. The Morgan fingerprint density at radius 3 is 2.27 bits per heavy atom. The van der Waals surface area contributed by atoms with Crippen molar-refractivity contribution in [3.05, 3.63) is 64.1 Å². The average molecular weight is 352 g/mol. The SMILES string of the molecule is N#C[C@@H]1[C@H](c2cccc(Cl)c2)[C@H]1S(=O)(=O)c1ccc(Cl)cc1. The Morgan fingerprint density at radius 1 is 1.00 bits per heavy atom. The molecule has 0 unspecified atom stereocenters. The van der Waals surface area contributed by atoms with Crippen LogP contribution in [0.2, 0.25) is 10.0 Å². The molecule has 1 saturated carbocycles. The van der Waals surface area contributed by atoms with Gasteiger partial charge in [-0.1, -0.05) is 35.3 Å². The van der Waals surface area contributed by atoms with Crippen molar-refractivity contribution in [3.8, 4) is 6.07 Å². The highest BCUT2D eigenvalue weighted by Crippen LogP contribution is 2.53. The minimum Gasteiger partial charge on any atom is -0.223 e. The van der Waals surface area contributed by atoms with E-state index in [9.17, 15) is 13.7 Å². The van der Waals surface area contributed by atoms with Crippen LogP contribution in [0.4, 0.5) is 0 Å². The molecule has 2 aromatic carbocycles. The van der Waals surface area contributed by atoms with Gasteiger partial charge in [0, 0.05) is 16.0 Å². The van der Waals surface area contributed by atoms with Gasteiger partial charge in [0.05, 0.1) is 22.1 Å². The second-order valence-corrected chi connectivity index (χ2v) is 8.18. The second-order valence-electron chi connectivity index (χ2n) is 5.20. The molecule has 3 nitrogen and oxygen atoms in total. The maximum atomic E-state index is 12.7. The van der Waals surface area contributed by atoms with Crippen molar-refractivity contribution in [2.24, 2.45) is 5.92 Å². The molecule has 0 aromatic heterocycles. The molecule has 1 aliphatic rings. The van der Waals surface area contributed by atoms with Crippen LogP contribution in [0.25, 0.3) is 0 Å². The van der Waals surface area contributed by atoms with Crippen molar-refractivity contribution >= 4 is 33.0 Å². The van der Waals surface area contributed by atoms with E-state index in [0.29, 0.717) is 10.0 Å². The van der Waals surface area contributed by atoms with Crippen LogP contribution >= 0.6 is 23.2 Å². The second kappa shape index (κ2) is 5.58. The zero-order valence-electron chi connectivity index (χ0n) is 11.3. The zero-order chi connectivity index (χ0) is 15.9. The summed E-state index contributed by atoms with van der Waals surface area (Å²) in [5, 5.41) is 9.53. The van der Waals surface area contributed by atoms with Crippen molar-refractivity contribution < 1.29 is 8.42 Å². The molecule has 1 fully saturated rings. The van der Waals surface area contributed by atoms with Crippen LogP contribution in [-0.4, -0.2) is 13.7 Å². The van der Waals surface area contributed by atoms with Gasteiger partial charge in [0.1, 0.15) is 0 Å². The molecule has 22 heavy (non-hydrogen) atoms. The summed E-state index contributed by atoms with van der Waals surface area (Å²) in [5.41, 5.74) is 0.779. The Kier molecular flexibility index (Phi) is 3.90. The van der Waals surface area contributed by atoms with Crippen LogP contribution in [0.15, 0.2) is 53.4 Å². The van der Waals surface area contributed by atoms with Gasteiger partial charge < -0.3 is 0 Å². The van der Waals surface area contributed by atoms with Crippen LogP contribution in [0.3, 0.4) is 0 Å². The lowest BCUT2D eigenvalue weighted by Gasteiger charge is -2.04. The Hall–Kier alpha value is -1.54. The maximum absolute atomic E-state index is 12.7. The molecule has 0 radical (unpaired) electrons. The lowest BCUT2D eigenvalue weighted by atomic mass is 10.1. The van der Waals surface area contributed by atoms with Crippen LogP contribution in [0.5, 0.6) is 0 Å². The lowest BCUT2D eigenvalue weighted by Crippen LogP contribution is -2.10. The van der Waals surface area contributed by atoms with Gasteiger partial charge in [-0.2, -0.15) is 5.26 Å². The topological polar surface area (TPSA) is 57.9 Å². The van der Waals surface area contributed by atoms with Crippen molar-refractivity contribution in [2.45, 2.75) is 16.1 Å². The van der Waals surface area contributed by atoms with Gasteiger partial charge in [0.2, 0.25) is 0 Å². The molecule has 6 heteroatoms. The van der Waals surface area contributed by atoms with Gasteiger partial charge in [0.25, 0.3) is 0 Å². The van der Waals surface area contributed by atoms with Gasteiger partial charge in [-0.15, -0.1) is 0 Å². The first-order chi connectivity index (χ1) is 10.4. The van der Waals surface area contributed by atoms with Crippen LogP contribution in [0.1, 0.15) is 11.5 Å². The fourth-order valence-corrected chi connectivity index (χ4v) is 5.11. The van der Waals surface area contributed by atoms with E-state index in [1.165, 1.54) is 24.3 Å². The molecule has 3 atom stereocenters. The fraction of sp³-hybridized carbons (Fsp3) is 0.188. The molecule has 0 saturated heterocycles. The highest BCUT2D eigenvalue weighted by Gasteiger charge is 2.59. The van der Waals surface area contributed by atoms with Crippen molar-refractivity contribution in [1.82, 2.24) is 0 Å². The Bertz CT molecular complexity index is 856. The van der Waals surface area contributed by atoms with Gasteiger partial charge in [-0.3, -0.25) is 0 Å². The summed E-state index contributed by atoms with van der Waals surface area (Å²) in [7, 11) is -3.58. The van der Waals surface area contributed by atoms with E-state index in [0.717, 1.165) is 5.56 Å². The van der Waals surface area contributed by atoms with Crippen molar-refractivity contribution in [2.75, 3.05) is 0 Å². The van der Waals surface area contributed by atoms with Gasteiger partial charge >= 0.3 is 0 Å². The highest BCUT2D eigenvalue weighted by atomic mass is 35.5. The lowest BCUT2D eigenvalue weighted by molar-refractivity contribution is 0.593. The summed E-state index contributed by atoms with van der Waals surface area (Å²) in [4.78, 5) is 0.187. The minimum absolute atomic E-state index is 0.187. The van der Waals surface area contributed by atoms with E-state index in [1.54, 1.807) is 24.3 Å². The fourth-order valence-electron chi connectivity index (χ4n) is 2.72. The first-order valence-corrected chi connectivity index (χ1v) is 8.90. The maximum Gasteiger partial charge on any atom is 0.183 e. The Labute approximate surface area is 139 Å². The number of halogens is 2. The van der Waals surface area contributed by atoms with Crippen molar-refractivity contribution in [1.29, 1.82) is 5.26 Å². The summed E-state index contributed by atoms with van der Waals surface area (Å²) >= 11 is 11.8. The summed E-state index contributed by atoms with van der Waals surface area (Å²) in [6.07, 6.45) is 0. The summed E-state index contributed by atoms with van der Waals surface area (Å²) in [6.45, 7) is 0. The third kappa shape index (κ3) is 2.61. The number of hydrogen-bond acceptors (Lipinski definition) is 3. The van der Waals surface area contributed by atoms with E-state index >= 15 is 0 Å². The number of nitrogens with zero attached hydrogens (tertiary/aromatic N) is 1. The molecule has 0 amide bonds. The normalized spacial score (nSPS) is 23.8. The molecule has 1 aliphatic carbocycles. The minimum atomic E-state index is -3.58. The van der Waals surface area contributed by atoms with E-state index < -0.39 is 21.0 Å². The van der Waals surface area contributed by atoms with Crippen molar-refractivity contribution in [3.63, 3.8) is 0 Å². The van der Waals surface area contributed by atoms with Gasteiger partial charge in [-0.25, -0.2) is 8.42 Å². The van der Waals surface area contributed by atoms with E-state index in [1.807, 2.05) is 0 Å². The molecule has 0 spiro atoms. The average Bonchev–Trinajstić information content (AvgIpc) is 3.23. The van der Waals surface area contributed by atoms with Crippen LogP contribution < -0.4 is 0 Å². The smallest absolute Gasteiger partial charge is 0.183 e. The summed E-state index contributed by atoms with van der Waals surface area (Å²) < 4.78 is 25.4. The molecule has 0 bridgehead atoms.